The van der Waals surface area contributed by atoms with Crippen molar-refractivity contribution in [1.82, 2.24) is 5.32 Å². The molecule has 0 amide bonds. The summed E-state index contributed by atoms with van der Waals surface area (Å²) in [6, 6.07) is 3.66. The number of rotatable bonds is 4. The van der Waals surface area contributed by atoms with Crippen LogP contribution in [0.5, 0.6) is 11.5 Å². The molecule has 0 aromatic heterocycles. The fourth-order valence-electron chi connectivity index (χ4n) is 4.30. The molecule has 0 saturated carbocycles. The van der Waals surface area contributed by atoms with Crippen LogP contribution >= 0.6 is 15.9 Å². The van der Waals surface area contributed by atoms with Crippen molar-refractivity contribution < 1.29 is 23.8 Å². The van der Waals surface area contributed by atoms with E-state index in [9.17, 15) is 9.59 Å². The monoisotopic (exact) mass is 463 g/mol. The van der Waals surface area contributed by atoms with E-state index in [0.717, 1.165) is 10.2 Å². The highest BCUT2D eigenvalue weighted by Crippen LogP contribution is 2.50. The van der Waals surface area contributed by atoms with Gasteiger partial charge in [-0.2, -0.15) is 0 Å². The fraction of sp³-hybridized carbons (Fsp3) is 0.455. The number of ketones is 1. The molecule has 7 heteroatoms. The van der Waals surface area contributed by atoms with Crippen LogP contribution in [0.4, 0.5) is 0 Å². The first-order valence-electron chi connectivity index (χ1n) is 9.37. The largest absolute Gasteiger partial charge is 0.493 e. The van der Waals surface area contributed by atoms with Crippen molar-refractivity contribution in [2.24, 2.45) is 5.41 Å². The molecule has 1 heterocycles. The highest BCUT2D eigenvalue weighted by molar-refractivity contribution is 9.10. The molecule has 0 spiro atoms. The van der Waals surface area contributed by atoms with E-state index in [1.807, 2.05) is 13.0 Å². The minimum absolute atomic E-state index is 0.0173. The number of benzene rings is 1. The summed E-state index contributed by atoms with van der Waals surface area (Å²) >= 11 is 3.51. The van der Waals surface area contributed by atoms with Crippen LogP contribution in [0.1, 0.15) is 45.1 Å². The van der Waals surface area contributed by atoms with Gasteiger partial charge in [-0.3, -0.25) is 4.79 Å². The van der Waals surface area contributed by atoms with E-state index < -0.39 is 11.9 Å². The molecule has 0 fully saturated rings. The number of Topliss-reactive ketones (excluding diaryl/α,β-unsaturated/α-hetero) is 1. The summed E-state index contributed by atoms with van der Waals surface area (Å²) in [7, 11) is 4.44. The number of nitrogens with one attached hydrogen (secondary N) is 1. The zero-order valence-corrected chi connectivity index (χ0v) is 19.2. The summed E-state index contributed by atoms with van der Waals surface area (Å²) in [6.45, 7) is 5.97. The van der Waals surface area contributed by atoms with E-state index >= 15 is 0 Å². The SMILES string of the molecule is COC(=O)C1=C(C)NC2=C(C(=O)CC(C)(C)C2)C1c1cc(Br)cc(OC)c1OC. The van der Waals surface area contributed by atoms with Gasteiger partial charge < -0.3 is 19.5 Å². The molecule has 1 atom stereocenters. The third kappa shape index (κ3) is 3.80. The highest BCUT2D eigenvalue weighted by atomic mass is 79.9. The van der Waals surface area contributed by atoms with Crippen LogP contribution in [0.25, 0.3) is 0 Å². The molecule has 2 aliphatic rings. The number of hydrogen-bond acceptors (Lipinski definition) is 6. The Kier molecular flexibility index (Phi) is 5.81. The molecule has 0 radical (unpaired) electrons. The lowest BCUT2D eigenvalue weighted by Crippen LogP contribution is -2.38. The lowest BCUT2D eigenvalue weighted by Gasteiger charge is -2.39. The van der Waals surface area contributed by atoms with Crippen LogP contribution in [0.2, 0.25) is 0 Å². The van der Waals surface area contributed by atoms with Gasteiger partial charge in [0.05, 0.1) is 32.8 Å². The number of hydrogen-bond donors (Lipinski definition) is 1. The molecule has 0 bridgehead atoms. The van der Waals surface area contributed by atoms with Gasteiger partial charge in [-0.05, 0) is 30.9 Å². The maximum Gasteiger partial charge on any atom is 0.336 e. The fourth-order valence-corrected chi connectivity index (χ4v) is 4.76. The van der Waals surface area contributed by atoms with E-state index in [0.29, 0.717) is 46.7 Å². The van der Waals surface area contributed by atoms with Gasteiger partial charge in [0.25, 0.3) is 0 Å². The standard InChI is InChI=1S/C22H26BrNO5/c1-11-17(21(26)29-6)18(13-7-12(23)8-16(27-4)20(13)28-5)19-14(24-11)9-22(2,3)10-15(19)25/h7-8,18,24H,9-10H2,1-6H3. The number of dihydropyridines is 1. The van der Waals surface area contributed by atoms with E-state index in [4.69, 9.17) is 14.2 Å². The Hall–Kier alpha value is -2.28. The Bertz CT molecular complexity index is 945. The second kappa shape index (κ2) is 7.86. The molecule has 1 N–H and O–H groups in total. The van der Waals surface area contributed by atoms with Gasteiger partial charge in [-0.1, -0.05) is 29.8 Å². The number of esters is 1. The number of halogens is 1. The Morgan fingerprint density at radius 2 is 1.86 bits per heavy atom. The maximum atomic E-state index is 13.3. The van der Waals surface area contributed by atoms with Gasteiger partial charge in [0.2, 0.25) is 0 Å². The molecule has 3 rings (SSSR count). The number of methoxy groups -OCH3 is 3. The smallest absolute Gasteiger partial charge is 0.336 e. The Morgan fingerprint density at radius 3 is 2.45 bits per heavy atom. The minimum atomic E-state index is -0.608. The Balaban J connectivity index is 2.33. The topological polar surface area (TPSA) is 73.9 Å². The van der Waals surface area contributed by atoms with Gasteiger partial charge >= 0.3 is 5.97 Å². The summed E-state index contributed by atoms with van der Waals surface area (Å²) in [5, 5.41) is 3.30. The molecule has 1 aromatic carbocycles. The third-order valence-electron chi connectivity index (χ3n) is 5.43. The average Bonchev–Trinajstić information content (AvgIpc) is 2.64. The van der Waals surface area contributed by atoms with Crippen LogP contribution in [-0.2, 0) is 14.3 Å². The molecule has 1 unspecified atom stereocenters. The van der Waals surface area contributed by atoms with Crippen molar-refractivity contribution in [2.45, 2.75) is 39.5 Å². The molecule has 1 aromatic rings. The van der Waals surface area contributed by atoms with Crippen molar-refractivity contribution in [3.8, 4) is 11.5 Å². The van der Waals surface area contributed by atoms with Crippen LogP contribution < -0.4 is 14.8 Å². The quantitative estimate of drug-likeness (QED) is 0.672. The predicted octanol–water partition coefficient (Wildman–Crippen LogP) is 4.24. The van der Waals surface area contributed by atoms with Crippen molar-refractivity contribution in [1.29, 1.82) is 0 Å². The Morgan fingerprint density at radius 1 is 1.17 bits per heavy atom. The van der Waals surface area contributed by atoms with Gasteiger partial charge in [-0.15, -0.1) is 0 Å². The zero-order valence-electron chi connectivity index (χ0n) is 17.6. The summed E-state index contributed by atoms with van der Waals surface area (Å²) in [5.41, 5.74) is 3.04. The summed E-state index contributed by atoms with van der Waals surface area (Å²) in [4.78, 5) is 26.0. The van der Waals surface area contributed by atoms with Crippen LogP contribution in [-0.4, -0.2) is 33.1 Å². The second-order valence-electron chi connectivity index (χ2n) is 8.15. The zero-order chi connectivity index (χ0) is 21.5. The van der Waals surface area contributed by atoms with Crippen LogP contribution in [0.3, 0.4) is 0 Å². The predicted molar refractivity (Wildman–Crippen MR) is 113 cm³/mol. The maximum absolute atomic E-state index is 13.3. The van der Waals surface area contributed by atoms with Gasteiger partial charge in [0, 0.05) is 33.4 Å². The number of ether oxygens (including phenoxy) is 3. The summed E-state index contributed by atoms with van der Waals surface area (Å²) in [6.07, 6.45) is 1.12. The normalized spacial score (nSPS) is 20.8. The summed E-state index contributed by atoms with van der Waals surface area (Å²) in [5.74, 6) is -0.0678. The average molecular weight is 464 g/mol. The first kappa shape index (κ1) is 21.4. The molecule has 29 heavy (non-hydrogen) atoms. The molecule has 1 aliphatic carbocycles. The summed E-state index contributed by atoms with van der Waals surface area (Å²) < 4.78 is 17.0. The van der Waals surface area contributed by atoms with Gasteiger partial charge in [0.15, 0.2) is 17.3 Å². The lowest BCUT2D eigenvalue weighted by atomic mass is 9.68. The van der Waals surface area contributed by atoms with E-state index in [1.165, 1.54) is 7.11 Å². The second-order valence-corrected chi connectivity index (χ2v) is 9.07. The highest BCUT2D eigenvalue weighted by Gasteiger charge is 2.44. The lowest BCUT2D eigenvalue weighted by molar-refractivity contribution is -0.136. The van der Waals surface area contributed by atoms with Crippen molar-refractivity contribution in [3.63, 3.8) is 0 Å². The molecule has 156 valence electrons. The molecule has 1 aliphatic heterocycles. The molecular weight excluding hydrogens is 438 g/mol. The number of allylic oxidation sites excluding steroid dienone is 3. The van der Waals surface area contributed by atoms with E-state index in [2.05, 4.69) is 35.1 Å². The third-order valence-corrected chi connectivity index (χ3v) is 5.89. The van der Waals surface area contributed by atoms with Crippen molar-refractivity contribution in [2.75, 3.05) is 21.3 Å². The number of carbonyl (C=O) groups is 2. The molecule has 0 saturated heterocycles. The van der Waals surface area contributed by atoms with Gasteiger partial charge in [-0.25, -0.2) is 4.79 Å². The van der Waals surface area contributed by atoms with Crippen molar-refractivity contribution in [3.05, 3.63) is 44.7 Å². The first-order valence-corrected chi connectivity index (χ1v) is 10.2. The van der Waals surface area contributed by atoms with Crippen LogP contribution in [0.15, 0.2) is 39.1 Å². The molecular formula is C22H26BrNO5. The van der Waals surface area contributed by atoms with Crippen molar-refractivity contribution >= 4 is 27.7 Å². The Labute approximate surface area is 179 Å². The van der Waals surface area contributed by atoms with E-state index in [-0.39, 0.29) is 11.2 Å². The van der Waals surface area contributed by atoms with Crippen LogP contribution in [0, 0.1) is 5.41 Å². The number of carbonyl (C=O) groups excluding carboxylic acids is 2. The minimum Gasteiger partial charge on any atom is -0.493 e. The van der Waals surface area contributed by atoms with E-state index in [1.54, 1.807) is 20.3 Å². The van der Waals surface area contributed by atoms with Gasteiger partial charge in [0.1, 0.15) is 0 Å². The molecule has 6 nitrogen and oxygen atoms in total. The first-order chi connectivity index (χ1) is 13.6.